The van der Waals surface area contributed by atoms with Gasteiger partial charge in [-0.2, -0.15) is 0 Å². The van der Waals surface area contributed by atoms with Gasteiger partial charge in [0.2, 0.25) is 0 Å². The molecule has 1 amide bonds. The molecule has 1 saturated heterocycles. The third kappa shape index (κ3) is 6.43. The summed E-state index contributed by atoms with van der Waals surface area (Å²) in [5, 5.41) is 4.31. The van der Waals surface area contributed by atoms with Gasteiger partial charge in [-0.25, -0.2) is 0 Å². The predicted molar refractivity (Wildman–Crippen MR) is 122 cm³/mol. The van der Waals surface area contributed by atoms with Crippen LogP contribution in [-0.4, -0.2) is 29.9 Å². The van der Waals surface area contributed by atoms with Crippen LogP contribution in [0.25, 0.3) is 0 Å². The van der Waals surface area contributed by atoms with Gasteiger partial charge in [-0.05, 0) is 55.2 Å². The number of halogens is 4. The maximum Gasteiger partial charge on any atom is 0.251 e. The number of benzene rings is 2. The molecule has 154 valence electrons. The molecule has 0 spiro atoms. The van der Waals surface area contributed by atoms with Gasteiger partial charge in [-0.15, -0.1) is 24.8 Å². The monoisotopic (exact) mass is 463 g/mol. The molecular weight excluding hydrogens is 440 g/mol. The molecule has 0 aliphatic carbocycles. The third-order valence-electron chi connectivity index (χ3n) is 4.82. The lowest BCUT2D eigenvalue weighted by Crippen LogP contribution is -2.44. The number of nitrogens with one attached hydrogen (secondary N) is 1. The number of hydrogen-bond acceptors (Lipinski definition) is 3. The van der Waals surface area contributed by atoms with Crippen LogP contribution in [0.4, 0.5) is 5.69 Å². The van der Waals surface area contributed by atoms with Crippen LogP contribution in [-0.2, 0) is 6.54 Å². The number of nitrogens with zero attached hydrogens (tertiary/aromatic N) is 1. The second kappa shape index (κ2) is 11.1. The summed E-state index contributed by atoms with van der Waals surface area (Å²) in [5.41, 5.74) is 9.16. The molecule has 0 bridgehead atoms. The highest BCUT2D eigenvalue weighted by Gasteiger charge is 2.22. The van der Waals surface area contributed by atoms with Crippen molar-refractivity contribution in [2.75, 3.05) is 18.8 Å². The summed E-state index contributed by atoms with van der Waals surface area (Å²) >= 11 is 12.1. The molecule has 28 heavy (non-hydrogen) atoms. The summed E-state index contributed by atoms with van der Waals surface area (Å²) in [6.45, 7) is 4.63. The van der Waals surface area contributed by atoms with E-state index in [-0.39, 0.29) is 36.8 Å². The van der Waals surface area contributed by atoms with Gasteiger partial charge in [0.15, 0.2) is 0 Å². The van der Waals surface area contributed by atoms with Crippen molar-refractivity contribution in [3.8, 4) is 0 Å². The number of hydrogen-bond donors (Lipinski definition) is 2. The number of rotatable bonds is 4. The average Bonchev–Trinajstić information content (AvgIpc) is 2.62. The Balaban J connectivity index is 0.00000196. The SMILES string of the molecule is Cc1ccc(N)cc1C(=O)NC1CCN(Cc2ccc(Cl)c(Cl)c2)CC1.Cl.Cl. The Morgan fingerprint density at radius 3 is 2.43 bits per heavy atom. The number of nitrogen functional groups attached to an aromatic ring is 1. The molecule has 2 aromatic rings. The Morgan fingerprint density at radius 1 is 1.11 bits per heavy atom. The number of anilines is 1. The van der Waals surface area contributed by atoms with Crippen molar-refractivity contribution in [2.24, 2.45) is 0 Å². The van der Waals surface area contributed by atoms with Gasteiger partial charge in [0.1, 0.15) is 0 Å². The van der Waals surface area contributed by atoms with Crippen molar-refractivity contribution in [1.82, 2.24) is 10.2 Å². The van der Waals surface area contributed by atoms with Gasteiger partial charge in [-0.3, -0.25) is 9.69 Å². The van der Waals surface area contributed by atoms with E-state index < -0.39 is 0 Å². The fourth-order valence-corrected chi connectivity index (χ4v) is 3.60. The first-order chi connectivity index (χ1) is 12.4. The van der Waals surface area contributed by atoms with E-state index in [0.717, 1.165) is 43.6 Å². The van der Waals surface area contributed by atoms with Gasteiger partial charge < -0.3 is 11.1 Å². The van der Waals surface area contributed by atoms with E-state index in [0.29, 0.717) is 21.3 Å². The molecule has 8 heteroatoms. The van der Waals surface area contributed by atoms with Crippen molar-refractivity contribution >= 4 is 59.6 Å². The Labute approximate surface area is 188 Å². The van der Waals surface area contributed by atoms with E-state index in [1.165, 1.54) is 0 Å². The summed E-state index contributed by atoms with van der Waals surface area (Å²) in [4.78, 5) is 14.9. The molecule has 0 atom stereocenters. The standard InChI is InChI=1S/C20H23Cl2N3O.2ClH/c1-13-2-4-15(23)11-17(13)20(26)24-16-6-8-25(9-7-16)12-14-3-5-18(21)19(22)10-14;;/h2-5,10-11,16H,6-9,12,23H2,1H3,(H,24,26);2*1H. The van der Waals surface area contributed by atoms with Crippen molar-refractivity contribution < 1.29 is 4.79 Å². The zero-order valence-corrected chi connectivity index (χ0v) is 18.7. The van der Waals surface area contributed by atoms with Gasteiger partial charge >= 0.3 is 0 Å². The summed E-state index contributed by atoms with van der Waals surface area (Å²) in [5.74, 6) is -0.0438. The van der Waals surface area contributed by atoms with Crippen molar-refractivity contribution in [3.05, 3.63) is 63.1 Å². The lowest BCUT2D eigenvalue weighted by molar-refractivity contribution is 0.0908. The molecule has 0 unspecified atom stereocenters. The topological polar surface area (TPSA) is 58.4 Å². The summed E-state index contributed by atoms with van der Waals surface area (Å²) in [6.07, 6.45) is 1.85. The van der Waals surface area contributed by atoms with E-state index in [1.807, 2.05) is 37.3 Å². The van der Waals surface area contributed by atoms with Crippen LogP contribution >= 0.6 is 48.0 Å². The van der Waals surface area contributed by atoms with Crippen molar-refractivity contribution in [2.45, 2.75) is 32.4 Å². The molecule has 0 radical (unpaired) electrons. The van der Waals surface area contributed by atoms with Crippen LogP contribution < -0.4 is 11.1 Å². The lowest BCUT2D eigenvalue weighted by Gasteiger charge is -2.32. The van der Waals surface area contributed by atoms with Crippen LogP contribution in [0.5, 0.6) is 0 Å². The highest BCUT2D eigenvalue weighted by molar-refractivity contribution is 6.42. The first-order valence-corrected chi connectivity index (χ1v) is 9.51. The maximum absolute atomic E-state index is 12.5. The van der Waals surface area contributed by atoms with Gasteiger partial charge in [0.25, 0.3) is 5.91 Å². The molecule has 4 nitrogen and oxygen atoms in total. The Morgan fingerprint density at radius 2 is 1.79 bits per heavy atom. The number of piperidine rings is 1. The number of nitrogens with two attached hydrogens (primary N) is 1. The minimum atomic E-state index is -0.0438. The van der Waals surface area contributed by atoms with Crippen LogP contribution in [0.2, 0.25) is 10.0 Å². The molecule has 3 rings (SSSR count). The van der Waals surface area contributed by atoms with E-state index in [9.17, 15) is 4.79 Å². The minimum Gasteiger partial charge on any atom is -0.399 e. The molecular formula is C20H25Cl4N3O. The maximum atomic E-state index is 12.5. The Bertz CT molecular complexity index is 808. The minimum absolute atomic E-state index is 0. The van der Waals surface area contributed by atoms with Crippen LogP contribution in [0.1, 0.15) is 34.3 Å². The molecule has 3 N–H and O–H groups in total. The lowest BCUT2D eigenvalue weighted by atomic mass is 10.0. The normalized spacial score (nSPS) is 14.7. The second-order valence-corrected chi connectivity index (χ2v) is 7.66. The highest BCUT2D eigenvalue weighted by Crippen LogP contribution is 2.24. The summed E-state index contributed by atoms with van der Waals surface area (Å²) < 4.78 is 0. The van der Waals surface area contributed by atoms with E-state index >= 15 is 0 Å². The van der Waals surface area contributed by atoms with Gasteiger partial charge in [-0.1, -0.05) is 35.3 Å². The highest BCUT2D eigenvalue weighted by atomic mass is 35.5. The number of aryl methyl sites for hydroxylation is 1. The van der Waals surface area contributed by atoms with E-state index in [4.69, 9.17) is 28.9 Å². The first kappa shape index (κ1) is 24.9. The molecule has 1 aliphatic rings. The van der Waals surface area contributed by atoms with Gasteiger partial charge in [0.05, 0.1) is 10.0 Å². The molecule has 0 aromatic heterocycles. The van der Waals surface area contributed by atoms with E-state index in [2.05, 4.69) is 10.2 Å². The summed E-state index contributed by atoms with van der Waals surface area (Å²) in [7, 11) is 0. The average molecular weight is 465 g/mol. The Hall–Kier alpha value is -1.17. The predicted octanol–water partition coefficient (Wildman–Crippen LogP) is 5.12. The molecule has 1 aliphatic heterocycles. The first-order valence-electron chi connectivity index (χ1n) is 8.75. The zero-order chi connectivity index (χ0) is 18.7. The fraction of sp³-hybridized carbons (Fsp3) is 0.350. The van der Waals surface area contributed by atoms with Crippen LogP contribution in [0.3, 0.4) is 0 Å². The van der Waals surface area contributed by atoms with Crippen molar-refractivity contribution in [1.29, 1.82) is 0 Å². The number of carbonyl (C=O) groups is 1. The largest absolute Gasteiger partial charge is 0.399 e. The van der Waals surface area contributed by atoms with Crippen LogP contribution in [0.15, 0.2) is 36.4 Å². The number of carbonyl (C=O) groups excluding carboxylic acids is 1. The molecule has 1 heterocycles. The second-order valence-electron chi connectivity index (χ2n) is 6.85. The van der Waals surface area contributed by atoms with Gasteiger partial charge in [0, 0.05) is 36.9 Å². The number of amides is 1. The fourth-order valence-electron chi connectivity index (χ4n) is 3.28. The van der Waals surface area contributed by atoms with E-state index in [1.54, 1.807) is 6.07 Å². The molecule has 0 saturated carbocycles. The quantitative estimate of drug-likeness (QED) is 0.617. The zero-order valence-electron chi connectivity index (χ0n) is 15.6. The molecule has 1 fully saturated rings. The third-order valence-corrected chi connectivity index (χ3v) is 5.56. The number of likely N-dealkylation sites (tertiary alicyclic amines) is 1. The summed E-state index contributed by atoms with van der Waals surface area (Å²) in [6, 6.07) is 11.4. The molecule has 2 aromatic carbocycles. The Kier molecular flexibility index (Phi) is 9.88. The van der Waals surface area contributed by atoms with Crippen LogP contribution in [0, 0.1) is 6.92 Å². The van der Waals surface area contributed by atoms with Crippen molar-refractivity contribution in [3.63, 3.8) is 0 Å². The smallest absolute Gasteiger partial charge is 0.251 e.